The molecule has 2 aromatic carbocycles. The molecule has 2 N–H and O–H groups in total. The lowest BCUT2D eigenvalue weighted by molar-refractivity contribution is -0.113. The number of carbonyl (C=O) groups excluding carboxylic acids is 2. The maximum absolute atomic E-state index is 12.9. The van der Waals surface area contributed by atoms with Gasteiger partial charge in [-0.05, 0) is 77.7 Å². The average molecular weight is 604 g/mol. The first-order chi connectivity index (χ1) is 16.8. The predicted molar refractivity (Wildman–Crippen MR) is 150 cm³/mol. The minimum absolute atomic E-state index is 0.120. The number of hydrogen-bond acceptors (Lipinski definition) is 5. The Balaban J connectivity index is 1.76. The van der Waals surface area contributed by atoms with Crippen LogP contribution in [0.25, 0.3) is 0 Å². The Morgan fingerprint density at radius 1 is 1.17 bits per heavy atom. The first-order valence-electron chi connectivity index (χ1n) is 11.4. The van der Waals surface area contributed by atoms with Gasteiger partial charge in [0.15, 0.2) is 11.0 Å². The van der Waals surface area contributed by atoms with Crippen LogP contribution in [0, 0.1) is 16.4 Å². The normalized spacial score (nSPS) is 11.8. The van der Waals surface area contributed by atoms with E-state index < -0.39 is 0 Å². The van der Waals surface area contributed by atoms with Crippen molar-refractivity contribution in [2.45, 2.75) is 44.9 Å². The van der Waals surface area contributed by atoms with E-state index in [1.807, 2.05) is 47.9 Å². The molecule has 2 amide bonds. The number of rotatable bonds is 11. The number of thioether (sulfide) groups is 1. The van der Waals surface area contributed by atoms with Crippen molar-refractivity contribution in [1.82, 2.24) is 20.1 Å². The second-order valence-corrected chi connectivity index (χ2v) is 10.7. The molecule has 35 heavy (non-hydrogen) atoms. The lowest BCUT2D eigenvalue weighted by atomic mass is 10.0. The van der Waals surface area contributed by atoms with Gasteiger partial charge in [-0.25, -0.2) is 0 Å². The first-order valence-corrected chi connectivity index (χ1v) is 13.4. The van der Waals surface area contributed by atoms with Gasteiger partial charge in [0, 0.05) is 21.4 Å². The molecule has 1 atom stereocenters. The van der Waals surface area contributed by atoms with Crippen molar-refractivity contribution in [1.29, 1.82) is 0 Å². The second kappa shape index (κ2) is 12.9. The van der Waals surface area contributed by atoms with E-state index in [0.29, 0.717) is 35.4 Å². The zero-order valence-electron chi connectivity index (χ0n) is 20.1. The van der Waals surface area contributed by atoms with E-state index in [0.717, 1.165) is 14.8 Å². The SMILES string of the molecule is C=CCn1c(SCC(=O)Nc2ccc(I)cc2C)nnc1C(CC(C)C)NC(=O)c1ccccc1. The van der Waals surface area contributed by atoms with Crippen LogP contribution in [0.3, 0.4) is 0 Å². The third-order valence-electron chi connectivity index (χ3n) is 5.21. The summed E-state index contributed by atoms with van der Waals surface area (Å²) in [4.78, 5) is 25.5. The molecule has 1 aromatic heterocycles. The van der Waals surface area contributed by atoms with Crippen molar-refractivity contribution >= 4 is 51.9 Å². The molecule has 0 aliphatic rings. The van der Waals surface area contributed by atoms with Crippen LogP contribution in [-0.2, 0) is 11.3 Å². The molecule has 0 saturated carbocycles. The number of nitrogens with zero attached hydrogens (tertiary/aromatic N) is 3. The number of benzene rings is 2. The van der Waals surface area contributed by atoms with Crippen LogP contribution in [0.2, 0.25) is 0 Å². The van der Waals surface area contributed by atoms with Crippen LogP contribution in [0.15, 0.2) is 66.3 Å². The molecule has 0 saturated heterocycles. The molecular weight excluding hydrogens is 573 g/mol. The highest BCUT2D eigenvalue weighted by Gasteiger charge is 2.24. The molecule has 0 bridgehead atoms. The van der Waals surface area contributed by atoms with E-state index in [1.54, 1.807) is 18.2 Å². The van der Waals surface area contributed by atoms with Gasteiger partial charge in [0.1, 0.15) is 0 Å². The molecule has 0 radical (unpaired) electrons. The smallest absolute Gasteiger partial charge is 0.251 e. The predicted octanol–water partition coefficient (Wildman–Crippen LogP) is 5.63. The maximum Gasteiger partial charge on any atom is 0.251 e. The van der Waals surface area contributed by atoms with Crippen molar-refractivity contribution in [3.05, 3.63) is 81.7 Å². The third-order valence-corrected chi connectivity index (χ3v) is 6.85. The number of aryl methyl sites for hydroxylation is 1. The van der Waals surface area contributed by atoms with Crippen LogP contribution >= 0.6 is 34.4 Å². The summed E-state index contributed by atoms with van der Waals surface area (Å²) in [5.74, 6) is 0.880. The van der Waals surface area contributed by atoms with Crippen molar-refractivity contribution in [3.63, 3.8) is 0 Å². The summed E-state index contributed by atoms with van der Waals surface area (Å²) in [7, 11) is 0. The number of halogens is 1. The fourth-order valence-corrected chi connectivity index (χ4v) is 4.98. The molecule has 184 valence electrons. The molecule has 0 spiro atoms. The van der Waals surface area contributed by atoms with Gasteiger partial charge < -0.3 is 15.2 Å². The summed E-state index contributed by atoms with van der Waals surface area (Å²) < 4.78 is 3.03. The van der Waals surface area contributed by atoms with E-state index in [2.05, 4.69) is 63.8 Å². The summed E-state index contributed by atoms with van der Waals surface area (Å²) >= 11 is 3.56. The second-order valence-electron chi connectivity index (χ2n) is 8.56. The van der Waals surface area contributed by atoms with Gasteiger partial charge in [0.05, 0.1) is 11.8 Å². The highest BCUT2D eigenvalue weighted by molar-refractivity contribution is 14.1. The molecule has 1 heterocycles. The van der Waals surface area contributed by atoms with Crippen LogP contribution in [0.4, 0.5) is 5.69 Å². The minimum Gasteiger partial charge on any atom is -0.342 e. The van der Waals surface area contributed by atoms with Gasteiger partial charge in [-0.15, -0.1) is 16.8 Å². The molecule has 1 unspecified atom stereocenters. The number of hydrogen-bond donors (Lipinski definition) is 2. The number of nitrogens with one attached hydrogen (secondary N) is 2. The Morgan fingerprint density at radius 3 is 2.57 bits per heavy atom. The van der Waals surface area contributed by atoms with Gasteiger partial charge in [0.25, 0.3) is 5.91 Å². The Labute approximate surface area is 224 Å². The van der Waals surface area contributed by atoms with Gasteiger partial charge in [0.2, 0.25) is 5.91 Å². The summed E-state index contributed by atoms with van der Waals surface area (Å²) in [6, 6.07) is 14.7. The number of amides is 2. The van der Waals surface area contributed by atoms with Gasteiger partial charge >= 0.3 is 0 Å². The summed E-state index contributed by atoms with van der Waals surface area (Å²) in [6.45, 7) is 10.5. The van der Waals surface area contributed by atoms with Crippen LogP contribution in [0.5, 0.6) is 0 Å². The van der Waals surface area contributed by atoms with Crippen molar-refractivity contribution < 1.29 is 9.59 Å². The van der Waals surface area contributed by atoms with Crippen LogP contribution in [-0.4, -0.2) is 32.3 Å². The van der Waals surface area contributed by atoms with Crippen LogP contribution < -0.4 is 10.6 Å². The molecule has 3 aromatic rings. The molecule has 9 heteroatoms. The quantitative estimate of drug-likeness (QED) is 0.169. The fraction of sp³-hybridized carbons (Fsp3) is 0.308. The van der Waals surface area contributed by atoms with Crippen molar-refractivity contribution in [3.8, 4) is 0 Å². The Morgan fingerprint density at radius 2 is 1.91 bits per heavy atom. The average Bonchev–Trinajstić information content (AvgIpc) is 3.22. The number of anilines is 1. The topological polar surface area (TPSA) is 88.9 Å². The first kappa shape index (κ1) is 26.9. The van der Waals surface area contributed by atoms with E-state index in [1.165, 1.54) is 11.8 Å². The van der Waals surface area contributed by atoms with E-state index in [-0.39, 0.29) is 23.6 Å². The van der Waals surface area contributed by atoms with E-state index in [4.69, 9.17) is 0 Å². The summed E-state index contributed by atoms with van der Waals surface area (Å²) in [5, 5.41) is 15.5. The largest absolute Gasteiger partial charge is 0.342 e. The van der Waals surface area contributed by atoms with Crippen molar-refractivity contribution in [2.24, 2.45) is 5.92 Å². The number of allylic oxidation sites excluding steroid dienone is 1. The lowest BCUT2D eigenvalue weighted by Crippen LogP contribution is -2.31. The molecule has 0 fully saturated rings. The molecule has 7 nitrogen and oxygen atoms in total. The standard InChI is InChI=1S/C26H30IN5O2S/c1-5-13-32-24(22(14-17(2)3)29-25(34)19-9-7-6-8-10-19)30-31-26(32)35-16-23(33)28-21-12-11-20(27)15-18(21)4/h5-12,15,17,22H,1,13-14,16H2,2-4H3,(H,28,33)(H,29,34). The summed E-state index contributed by atoms with van der Waals surface area (Å²) in [5.41, 5.74) is 2.40. The zero-order chi connectivity index (χ0) is 25.4. The van der Waals surface area contributed by atoms with Gasteiger partial charge in [-0.1, -0.05) is 49.9 Å². The summed E-state index contributed by atoms with van der Waals surface area (Å²) in [6.07, 6.45) is 2.46. The Bertz CT molecular complexity index is 1180. The molecule has 0 aliphatic heterocycles. The number of carbonyl (C=O) groups is 2. The maximum atomic E-state index is 12.9. The monoisotopic (exact) mass is 603 g/mol. The Kier molecular flexibility index (Phi) is 9.91. The Hall–Kier alpha value is -2.66. The van der Waals surface area contributed by atoms with Crippen LogP contribution in [0.1, 0.15) is 48.1 Å². The van der Waals surface area contributed by atoms with Gasteiger partial charge in [-0.3, -0.25) is 9.59 Å². The molecule has 3 rings (SSSR count). The van der Waals surface area contributed by atoms with E-state index in [9.17, 15) is 9.59 Å². The van der Waals surface area contributed by atoms with Crippen molar-refractivity contribution in [2.75, 3.05) is 11.1 Å². The zero-order valence-corrected chi connectivity index (χ0v) is 23.1. The minimum atomic E-state index is -0.326. The van der Waals surface area contributed by atoms with Gasteiger partial charge in [-0.2, -0.15) is 0 Å². The lowest BCUT2D eigenvalue weighted by Gasteiger charge is -2.21. The third kappa shape index (κ3) is 7.66. The highest BCUT2D eigenvalue weighted by Crippen LogP contribution is 2.26. The highest BCUT2D eigenvalue weighted by atomic mass is 127. The number of aromatic nitrogens is 3. The molecular formula is C26H30IN5O2S. The van der Waals surface area contributed by atoms with E-state index >= 15 is 0 Å². The molecule has 0 aliphatic carbocycles. The fourth-order valence-electron chi connectivity index (χ4n) is 3.58.